The SMILES string of the molecule is CCCn1c(C)cc(C=C(C#N)C(=O)OCC(=O)NC(N)=O)c1C. The minimum absolute atomic E-state index is 0.237. The summed E-state index contributed by atoms with van der Waals surface area (Å²) in [6.45, 7) is 6.04. The van der Waals surface area contributed by atoms with E-state index in [0.29, 0.717) is 0 Å². The number of aryl methyl sites for hydroxylation is 1. The van der Waals surface area contributed by atoms with Gasteiger partial charge < -0.3 is 15.0 Å². The summed E-state index contributed by atoms with van der Waals surface area (Å²) in [5.74, 6) is -1.81. The van der Waals surface area contributed by atoms with Crippen LogP contribution in [0.5, 0.6) is 0 Å². The molecule has 0 unspecified atom stereocenters. The van der Waals surface area contributed by atoms with Crippen LogP contribution >= 0.6 is 0 Å². The van der Waals surface area contributed by atoms with Crippen LogP contribution in [0.4, 0.5) is 4.79 Å². The summed E-state index contributed by atoms with van der Waals surface area (Å²) in [5.41, 5.74) is 7.22. The predicted octanol–water partition coefficient (Wildman–Crippen LogP) is 1.16. The maximum atomic E-state index is 11.9. The third kappa shape index (κ3) is 4.98. The molecule has 0 atom stereocenters. The van der Waals surface area contributed by atoms with Crippen molar-refractivity contribution in [2.24, 2.45) is 5.73 Å². The highest BCUT2D eigenvalue weighted by molar-refractivity contribution is 6.00. The average Bonchev–Trinajstić information content (AvgIpc) is 2.77. The quantitative estimate of drug-likeness (QED) is 0.459. The van der Waals surface area contributed by atoms with E-state index >= 15 is 0 Å². The van der Waals surface area contributed by atoms with Crippen LogP contribution in [0.1, 0.15) is 30.3 Å². The molecular weight excluding hydrogens is 312 g/mol. The molecule has 0 spiro atoms. The molecule has 1 aromatic rings. The van der Waals surface area contributed by atoms with Gasteiger partial charge in [-0.3, -0.25) is 10.1 Å². The Balaban J connectivity index is 2.89. The smallest absolute Gasteiger partial charge is 0.349 e. The molecule has 0 radical (unpaired) electrons. The lowest BCUT2D eigenvalue weighted by Crippen LogP contribution is -2.37. The second-order valence-corrected chi connectivity index (χ2v) is 5.14. The number of carbonyl (C=O) groups excluding carboxylic acids is 3. The second-order valence-electron chi connectivity index (χ2n) is 5.14. The third-order valence-corrected chi connectivity index (χ3v) is 3.30. The van der Waals surface area contributed by atoms with Crippen LogP contribution in [-0.2, 0) is 20.9 Å². The zero-order valence-corrected chi connectivity index (χ0v) is 13.9. The first-order valence-electron chi connectivity index (χ1n) is 7.35. The second kappa shape index (κ2) is 8.53. The lowest BCUT2D eigenvalue weighted by atomic mass is 10.1. The molecule has 3 amide bonds. The van der Waals surface area contributed by atoms with Crippen LogP contribution in [-0.4, -0.2) is 29.1 Å². The first-order valence-corrected chi connectivity index (χ1v) is 7.35. The highest BCUT2D eigenvalue weighted by Gasteiger charge is 2.15. The Hall–Kier alpha value is -3.08. The van der Waals surface area contributed by atoms with Crippen LogP contribution in [0.15, 0.2) is 11.6 Å². The molecule has 3 N–H and O–H groups in total. The Bertz CT molecular complexity index is 725. The number of hydrogen-bond donors (Lipinski definition) is 2. The number of imide groups is 1. The number of primary amides is 1. The molecule has 128 valence electrons. The van der Waals surface area contributed by atoms with Crippen molar-refractivity contribution >= 4 is 24.0 Å². The minimum atomic E-state index is -1.05. The van der Waals surface area contributed by atoms with Gasteiger partial charge in [-0.2, -0.15) is 5.26 Å². The van der Waals surface area contributed by atoms with Gasteiger partial charge in [-0.15, -0.1) is 0 Å². The van der Waals surface area contributed by atoms with E-state index in [9.17, 15) is 14.4 Å². The Morgan fingerprint density at radius 2 is 2.08 bits per heavy atom. The lowest BCUT2D eigenvalue weighted by Gasteiger charge is -2.07. The van der Waals surface area contributed by atoms with E-state index in [1.165, 1.54) is 6.08 Å². The number of urea groups is 1. The van der Waals surface area contributed by atoms with Gasteiger partial charge in [0.1, 0.15) is 11.6 Å². The summed E-state index contributed by atoms with van der Waals surface area (Å²) < 4.78 is 6.79. The Labute approximate surface area is 139 Å². The number of carbonyl (C=O) groups is 3. The summed E-state index contributed by atoms with van der Waals surface area (Å²) in [6.07, 6.45) is 2.38. The van der Waals surface area contributed by atoms with E-state index in [1.807, 2.05) is 19.9 Å². The maximum Gasteiger partial charge on any atom is 0.349 e. The number of esters is 1. The van der Waals surface area contributed by atoms with Crippen molar-refractivity contribution in [2.45, 2.75) is 33.7 Å². The van der Waals surface area contributed by atoms with Gasteiger partial charge >= 0.3 is 12.0 Å². The largest absolute Gasteiger partial charge is 0.451 e. The molecule has 0 saturated carbocycles. The van der Waals surface area contributed by atoms with Crippen molar-refractivity contribution in [1.29, 1.82) is 5.26 Å². The number of hydrogen-bond acceptors (Lipinski definition) is 5. The van der Waals surface area contributed by atoms with Gasteiger partial charge in [-0.05, 0) is 38.0 Å². The number of nitrogens with two attached hydrogens (primary N) is 1. The van der Waals surface area contributed by atoms with Gasteiger partial charge in [0, 0.05) is 17.9 Å². The van der Waals surface area contributed by atoms with Crippen molar-refractivity contribution in [3.05, 3.63) is 28.6 Å². The number of nitriles is 1. The standard InChI is InChI=1S/C16H20N4O4/c1-4-5-20-10(2)6-12(11(20)3)7-13(8-17)15(22)24-9-14(21)19-16(18)23/h6-7H,4-5,9H2,1-3H3,(H3,18,19,21,23). The Morgan fingerprint density at radius 1 is 1.42 bits per heavy atom. The first-order chi connectivity index (χ1) is 11.3. The summed E-state index contributed by atoms with van der Waals surface area (Å²) in [7, 11) is 0. The molecule has 0 saturated heterocycles. The first kappa shape index (κ1) is 19.0. The molecular formula is C16H20N4O4. The average molecular weight is 332 g/mol. The van der Waals surface area contributed by atoms with Crippen molar-refractivity contribution < 1.29 is 19.1 Å². The summed E-state index contributed by atoms with van der Waals surface area (Å²) in [6, 6.07) is 2.58. The topological polar surface area (TPSA) is 127 Å². The van der Waals surface area contributed by atoms with Crippen LogP contribution in [0.25, 0.3) is 6.08 Å². The van der Waals surface area contributed by atoms with Gasteiger partial charge in [0.25, 0.3) is 5.91 Å². The molecule has 1 heterocycles. The fraction of sp³-hybridized carbons (Fsp3) is 0.375. The van der Waals surface area contributed by atoms with E-state index in [0.717, 1.165) is 29.9 Å². The summed E-state index contributed by atoms with van der Waals surface area (Å²) in [5, 5.41) is 10.9. The van der Waals surface area contributed by atoms with Crippen LogP contribution < -0.4 is 11.1 Å². The van der Waals surface area contributed by atoms with Crippen LogP contribution in [0.3, 0.4) is 0 Å². The highest BCUT2D eigenvalue weighted by Crippen LogP contribution is 2.19. The van der Waals surface area contributed by atoms with E-state index < -0.39 is 24.5 Å². The maximum absolute atomic E-state index is 11.9. The van der Waals surface area contributed by atoms with Crippen LogP contribution in [0.2, 0.25) is 0 Å². The van der Waals surface area contributed by atoms with Gasteiger partial charge in [0.15, 0.2) is 6.61 Å². The lowest BCUT2D eigenvalue weighted by molar-refractivity contribution is -0.144. The summed E-state index contributed by atoms with van der Waals surface area (Å²) >= 11 is 0. The number of aromatic nitrogens is 1. The molecule has 0 aliphatic heterocycles. The Kier molecular flexibility index (Phi) is 6.74. The van der Waals surface area contributed by atoms with E-state index in [2.05, 4.69) is 11.5 Å². The number of nitrogens with zero attached hydrogens (tertiary/aromatic N) is 2. The Morgan fingerprint density at radius 3 is 2.62 bits per heavy atom. The van der Waals surface area contributed by atoms with Crippen molar-refractivity contribution in [2.75, 3.05) is 6.61 Å². The molecule has 24 heavy (non-hydrogen) atoms. The molecule has 8 nitrogen and oxygen atoms in total. The molecule has 0 aliphatic carbocycles. The number of nitrogens with one attached hydrogen (secondary N) is 1. The van der Waals surface area contributed by atoms with E-state index in [1.54, 1.807) is 11.4 Å². The molecule has 0 bridgehead atoms. The number of ether oxygens (including phenoxy) is 1. The van der Waals surface area contributed by atoms with Gasteiger partial charge in [0.2, 0.25) is 0 Å². The molecule has 0 aromatic carbocycles. The zero-order chi connectivity index (χ0) is 18.3. The minimum Gasteiger partial charge on any atom is -0.451 e. The molecule has 1 aromatic heterocycles. The molecule has 0 aliphatic rings. The van der Waals surface area contributed by atoms with Crippen molar-refractivity contribution in [1.82, 2.24) is 9.88 Å². The zero-order valence-electron chi connectivity index (χ0n) is 13.9. The fourth-order valence-corrected chi connectivity index (χ4v) is 2.22. The fourth-order valence-electron chi connectivity index (χ4n) is 2.22. The van der Waals surface area contributed by atoms with Crippen LogP contribution in [0, 0.1) is 25.2 Å². The van der Waals surface area contributed by atoms with Crippen molar-refractivity contribution in [3.8, 4) is 6.07 Å². The molecule has 8 heteroatoms. The monoisotopic (exact) mass is 332 g/mol. The van der Waals surface area contributed by atoms with E-state index in [-0.39, 0.29) is 5.57 Å². The third-order valence-electron chi connectivity index (χ3n) is 3.30. The summed E-state index contributed by atoms with van der Waals surface area (Å²) in [4.78, 5) is 33.6. The van der Waals surface area contributed by atoms with Crippen molar-refractivity contribution in [3.63, 3.8) is 0 Å². The highest BCUT2D eigenvalue weighted by atomic mass is 16.5. The van der Waals surface area contributed by atoms with E-state index in [4.69, 9.17) is 15.7 Å². The number of amides is 3. The van der Waals surface area contributed by atoms with Gasteiger partial charge in [-0.25, -0.2) is 9.59 Å². The predicted molar refractivity (Wildman–Crippen MR) is 86.5 cm³/mol. The normalized spacial score (nSPS) is 10.8. The number of rotatable bonds is 6. The van der Waals surface area contributed by atoms with Gasteiger partial charge in [-0.1, -0.05) is 6.92 Å². The molecule has 0 fully saturated rings. The molecule has 1 rings (SSSR count). The van der Waals surface area contributed by atoms with Gasteiger partial charge in [0.05, 0.1) is 0 Å².